The maximum Gasteiger partial charge on any atom is 0.311 e. The van der Waals surface area contributed by atoms with Crippen molar-refractivity contribution in [3.63, 3.8) is 0 Å². The van der Waals surface area contributed by atoms with Crippen molar-refractivity contribution in [3.8, 4) is 0 Å². The molecule has 2 atom stereocenters. The lowest BCUT2D eigenvalue weighted by Crippen LogP contribution is -2.24. The molecule has 1 rings (SSSR count). The molecule has 0 radical (unpaired) electrons. The SMILES string of the molecule is CCO[C@H]1C[C@@H]1OC(=O)C(C)(C)C. The Morgan fingerprint density at radius 1 is 1.38 bits per heavy atom. The van der Waals surface area contributed by atoms with Crippen molar-refractivity contribution in [3.05, 3.63) is 0 Å². The van der Waals surface area contributed by atoms with Crippen molar-refractivity contribution in [1.29, 1.82) is 0 Å². The van der Waals surface area contributed by atoms with Gasteiger partial charge in [0, 0.05) is 13.0 Å². The molecule has 76 valence electrons. The molecule has 0 aromatic heterocycles. The third-order valence-corrected chi connectivity index (χ3v) is 1.93. The number of hydrogen-bond donors (Lipinski definition) is 0. The molecule has 0 unspecified atom stereocenters. The highest BCUT2D eigenvalue weighted by Gasteiger charge is 2.43. The number of esters is 1. The van der Waals surface area contributed by atoms with Crippen molar-refractivity contribution < 1.29 is 14.3 Å². The summed E-state index contributed by atoms with van der Waals surface area (Å²) in [5.41, 5.74) is -0.403. The molecule has 1 saturated carbocycles. The van der Waals surface area contributed by atoms with Crippen LogP contribution >= 0.6 is 0 Å². The number of ether oxygens (including phenoxy) is 2. The van der Waals surface area contributed by atoms with Crippen LogP contribution in [0.2, 0.25) is 0 Å². The second kappa shape index (κ2) is 3.66. The number of carbonyl (C=O) groups excluding carboxylic acids is 1. The van der Waals surface area contributed by atoms with Crippen LogP contribution in [0.15, 0.2) is 0 Å². The minimum Gasteiger partial charge on any atom is -0.459 e. The minimum absolute atomic E-state index is 0.00618. The van der Waals surface area contributed by atoms with Gasteiger partial charge in [0.1, 0.15) is 6.10 Å². The van der Waals surface area contributed by atoms with Crippen LogP contribution in [0.25, 0.3) is 0 Å². The highest BCUT2D eigenvalue weighted by atomic mass is 16.6. The normalized spacial score (nSPS) is 27.1. The first-order chi connectivity index (χ1) is 5.95. The topological polar surface area (TPSA) is 35.5 Å². The van der Waals surface area contributed by atoms with Crippen LogP contribution in [0.1, 0.15) is 34.1 Å². The Hall–Kier alpha value is -0.570. The molecule has 0 heterocycles. The second-order valence-electron chi connectivity index (χ2n) is 4.42. The van der Waals surface area contributed by atoms with Crippen LogP contribution in [-0.2, 0) is 14.3 Å². The van der Waals surface area contributed by atoms with Crippen LogP contribution < -0.4 is 0 Å². The van der Waals surface area contributed by atoms with Gasteiger partial charge in [-0.1, -0.05) is 0 Å². The average molecular weight is 186 g/mol. The van der Waals surface area contributed by atoms with Crippen LogP contribution in [0.3, 0.4) is 0 Å². The van der Waals surface area contributed by atoms with Gasteiger partial charge in [0.15, 0.2) is 0 Å². The van der Waals surface area contributed by atoms with E-state index in [0.717, 1.165) is 6.42 Å². The Labute approximate surface area is 79.4 Å². The summed E-state index contributed by atoms with van der Waals surface area (Å²) in [7, 11) is 0. The van der Waals surface area contributed by atoms with Crippen LogP contribution in [0.5, 0.6) is 0 Å². The van der Waals surface area contributed by atoms with E-state index in [1.807, 2.05) is 27.7 Å². The lowest BCUT2D eigenvalue weighted by Gasteiger charge is -2.16. The molecule has 13 heavy (non-hydrogen) atoms. The molecule has 0 N–H and O–H groups in total. The van der Waals surface area contributed by atoms with Gasteiger partial charge in [0.2, 0.25) is 0 Å². The van der Waals surface area contributed by atoms with Gasteiger partial charge in [0.25, 0.3) is 0 Å². The van der Waals surface area contributed by atoms with Gasteiger partial charge in [0.05, 0.1) is 11.5 Å². The maximum absolute atomic E-state index is 11.4. The van der Waals surface area contributed by atoms with E-state index in [1.54, 1.807) is 0 Å². The van der Waals surface area contributed by atoms with E-state index in [9.17, 15) is 4.79 Å². The Bertz CT molecular complexity index is 193. The second-order valence-corrected chi connectivity index (χ2v) is 4.42. The zero-order valence-corrected chi connectivity index (χ0v) is 8.79. The summed E-state index contributed by atoms with van der Waals surface area (Å²) in [5.74, 6) is -0.139. The molecule has 0 bridgehead atoms. The zero-order chi connectivity index (χ0) is 10.1. The van der Waals surface area contributed by atoms with Crippen molar-refractivity contribution in [2.24, 2.45) is 5.41 Å². The van der Waals surface area contributed by atoms with Crippen molar-refractivity contribution in [2.75, 3.05) is 6.61 Å². The first-order valence-electron chi connectivity index (χ1n) is 4.78. The summed E-state index contributed by atoms with van der Waals surface area (Å²) in [5, 5.41) is 0. The predicted octanol–water partition coefficient (Wildman–Crippen LogP) is 1.75. The molecule has 0 saturated heterocycles. The van der Waals surface area contributed by atoms with Crippen LogP contribution in [-0.4, -0.2) is 24.8 Å². The summed E-state index contributed by atoms with van der Waals surface area (Å²) in [6.45, 7) is 8.20. The largest absolute Gasteiger partial charge is 0.459 e. The molecular weight excluding hydrogens is 168 g/mol. The molecule has 1 fully saturated rings. The standard InChI is InChI=1S/C10H18O3/c1-5-12-7-6-8(7)13-9(11)10(2,3)4/h7-8H,5-6H2,1-4H3/t7-,8-/m0/s1. The first-order valence-corrected chi connectivity index (χ1v) is 4.78. The third kappa shape index (κ3) is 2.99. The maximum atomic E-state index is 11.4. The van der Waals surface area contributed by atoms with Gasteiger partial charge in [-0.25, -0.2) is 0 Å². The summed E-state index contributed by atoms with van der Waals surface area (Å²) in [4.78, 5) is 11.4. The number of carbonyl (C=O) groups is 1. The fourth-order valence-electron chi connectivity index (χ4n) is 0.978. The Balaban J connectivity index is 2.25. The van der Waals surface area contributed by atoms with Crippen LogP contribution in [0, 0.1) is 5.41 Å². The molecule has 1 aliphatic rings. The van der Waals surface area contributed by atoms with Crippen molar-refractivity contribution in [2.45, 2.75) is 46.3 Å². The van der Waals surface area contributed by atoms with E-state index < -0.39 is 5.41 Å². The third-order valence-electron chi connectivity index (χ3n) is 1.93. The summed E-state index contributed by atoms with van der Waals surface area (Å²) in [6.07, 6.45) is 1.01. The van der Waals surface area contributed by atoms with E-state index in [2.05, 4.69) is 0 Å². The highest BCUT2D eigenvalue weighted by molar-refractivity contribution is 5.75. The molecule has 1 aliphatic carbocycles. The molecule has 0 aliphatic heterocycles. The fourth-order valence-corrected chi connectivity index (χ4v) is 0.978. The average Bonchev–Trinajstić information content (AvgIpc) is 2.66. The van der Waals surface area contributed by atoms with E-state index in [4.69, 9.17) is 9.47 Å². The summed E-state index contributed by atoms with van der Waals surface area (Å²) in [6, 6.07) is 0. The quantitative estimate of drug-likeness (QED) is 0.630. The summed E-state index contributed by atoms with van der Waals surface area (Å²) >= 11 is 0. The van der Waals surface area contributed by atoms with Gasteiger partial charge < -0.3 is 9.47 Å². The van der Waals surface area contributed by atoms with Crippen molar-refractivity contribution in [1.82, 2.24) is 0 Å². The van der Waals surface area contributed by atoms with E-state index >= 15 is 0 Å². The Morgan fingerprint density at radius 2 is 2.00 bits per heavy atom. The van der Waals surface area contributed by atoms with E-state index in [0.29, 0.717) is 6.61 Å². The summed E-state index contributed by atoms with van der Waals surface area (Å²) < 4.78 is 10.5. The smallest absolute Gasteiger partial charge is 0.311 e. The van der Waals surface area contributed by atoms with Gasteiger partial charge in [-0.3, -0.25) is 4.79 Å². The monoisotopic (exact) mass is 186 g/mol. The van der Waals surface area contributed by atoms with Crippen molar-refractivity contribution >= 4 is 5.97 Å². The highest BCUT2D eigenvalue weighted by Crippen LogP contribution is 2.31. The Kier molecular flexibility index (Phi) is 2.96. The molecule has 0 aromatic rings. The lowest BCUT2D eigenvalue weighted by molar-refractivity contribution is -0.155. The number of rotatable bonds is 3. The van der Waals surface area contributed by atoms with Gasteiger partial charge >= 0.3 is 5.97 Å². The molecule has 0 aromatic carbocycles. The molecule has 3 heteroatoms. The van der Waals surface area contributed by atoms with Gasteiger partial charge in [-0.2, -0.15) is 0 Å². The molecule has 0 spiro atoms. The van der Waals surface area contributed by atoms with Gasteiger partial charge in [-0.05, 0) is 27.7 Å². The molecule has 0 amide bonds. The number of hydrogen-bond acceptors (Lipinski definition) is 3. The molecular formula is C10H18O3. The zero-order valence-electron chi connectivity index (χ0n) is 8.79. The minimum atomic E-state index is -0.403. The molecule has 3 nitrogen and oxygen atoms in total. The van der Waals surface area contributed by atoms with E-state index in [1.165, 1.54) is 0 Å². The lowest BCUT2D eigenvalue weighted by atomic mass is 9.97. The first kappa shape index (κ1) is 10.5. The predicted molar refractivity (Wildman–Crippen MR) is 49.4 cm³/mol. The Morgan fingerprint density at radius 3 is 2.46 bits per heavy atom. The van der Waals surface area contributed by atoms with Crippen LogP contribution in [0.4, 0.5) is 0 Å². The van der Waals surface area contributed by atoms with Gasteiger partial charge in [-0.15, -0.1) is 0 Å². The van der Waals surface area contributed by atoms with E-state index in [-0.39, 0.29) is 18.2 Å². The fraction of sp³-hybridized carbons (Fsp3) is 0.900.